The highest BCUT2D eigenvalue weighted by molar-refractivity contribution is 4.93. The van der Waals surface area contributed by atoms with E-state index in [4.69, 9.17) is 4.74 Å². The zero-order valence-corrected chi connectivity index (χ0v) is 15.4. The normalized spacial score (nSPS) is 26.3. The average molecular weight is 299 g/mol. The van der Waals surface area contributed by atoms with Gasteiger partial charge < -0.3 is 10.1 Å². The predicted octanol–water partition coefficient (Wildman–Crippen LogP) is 3.39. The summed E-state index contributed by atoms with van der Waals surface area (Å²) in [5, 5.41) is 3.78. The lowest BCUT2D eigenvalue weighted by molar-refractivity contribution is 0.0231. The molecule has 0 aliphatic carbocycles. The van der Waals surface area contributed by atoms with Crippen LogP contribution < -0.4 is 5.32 Å². The van der Waals surface area contributed by atoms with Crippen LogP contribution in [0.1, 0.15) is 54.9 Å². The van der Waals surface area contributed by atoms with Gasteiger partial charge in [0.05, 0.1) is 6.61 Å². The van der Waals surface area contributed by atoms with Gasteiger partial charge in [-0.05, 0) is 17.3 Å². The predicted molar refractivity (Wildman–Crippen MR) is 91.7 cm³/mol. The van der Waals surface area contributed by atoms with E-state index in [1.165, 1.54) is 6.42 Å². The Morgan fingerprint density at radius 2 is 1.90 bits per heavy atom. The SMILES string of the molecule is CCC(C)C1CNC(C(C)(C)C)CN1CCOCC(C)C. The lowest BCUT2D eigenvalue weighted by atomic mass is 9.83. The molecule has 1 fully saturated rings. The highest BCUT2D eigenvalue weighted by Gasteiger charge is 2.35. The van der Waals surface area contributed by atoms with E-state index in [0.717, 1.165) is 38.8 Å². The molecule has 3 nitrogen and oxygen atoms in total. The van der Waals surface area contributed by atoms with Crippen LogP contribution in [0.3, 0.4) is 0 Å². The van der Waals surface area contributed by atoms with Gasteiger partial charge in [-0.3, -0.25) is 4.90 Å². The van der Waals surface area contributed by atoms with E-state index < -0.39 is 0 Å². The fourth-order valence-corrected chi connectivity index (χ4v) is 3.00. The Kier molecular flexibility index (Phi) is 7.66. The summed E-state index contributed by atoms with van der Waals surface area (Å²) in [5.74, 6) is 1.37. The van der Waals surface area contributed by atoms with Crippen LogP contribution in [0.5, 0.6) is 0 Å². The number of nitrogens with one attached hydrogen (secondary N) is 1. The summed E-state index contributed by atoms with van der Waals surface area (Å²) in [6, 6.07) is 1.22. The molecule has 1 aliphatic rings. The van der Waals surface area contributed by atoms with Crippen molar-refractivity contribution in [3.8, 4) is 0 Å². The van der Waals surface area contributed by atoms with Gasteiger partial charge in [0.1, 0.15) is 0 Å². The Morgan fingerprint density at radius 3 is 2.43 bits per heavy atom. The van der Waals surface area contributed by atoms with Crippen molar-refractivity contribution in [2.45, 2.75) is 67.0 Å². The molecule has 1 saturated heterocycles. The van der Waals surface area contributed by atoms with Crippen molar-refractivity contribution < 1.29 is 4.74 Å². The molecule has 126 valence electrons. The van der Waals surface area contributed by atoms with Crippen LogP contribution >= 0.6 is 0 Å². The molecule has 1 N–H and O–H groups in total. The van der Waals surface area contributed by atoms with E-state index in [1.54, 1.807) is 0 Å². The number of piperazine rings is 1. The Balaban J connectivity index is 2.56. The third-order valence-corrected chi connectivity index (χ3v) is 4.78. The molecule has 3 atom stereocenters. The molecule has 0 aromatic heterocycles. The molecule has 0 radical (unpaired) electrons. The first kappa shape index (κ1) is 18.9. The maximum Gasteiger partial charge on any atom is 0.0593 e. The van der Waals surface area contributed by atoms with Crippen molar-refractivity contribution in [1.29, 1.82) is 0 Å². The molecule has 0 bridgehead atoms. The van der Waals surface area contributed by atoms with Crippen molar-refractivity contribution in [3.63, 3.8) is 0 Å². The Labute approximate surface area is 132 Å². The van der Waals surface area contributed by atoms with Gasteiger partial charge in [0, 0.05) is 38.3 Å². The van der Waals surface area contributed by atoms with Crippen LogP contribution in [0.25, 0.3) is 0 Å². The number of nitrogens with zero attached hydrogens (tertiary/aromatic N) is 1. The van der Waals surface area contributed by atoms with Gasteiger partial charge in [-0.1, -0.05) is 54.9 Å². The molecular formula is C18H38N2O. The zero-order valence-electron chi connectivity index (χ0n) is 15.4. The highest BCUT2D eigenvalue weighted by atomic mass is 16.5. The molecule has 1 rings (SSSR count). The maximum atomic E-state index is 5.82. The lowest BCUT2D eigenvalue weighted by Crippen LogP contribution is -2.62. The summed E-state index contributed by atoms with van der Waals surface area (Å²) in [6.45, 7) is 21.2. The standard InChI is InChI=1S/C18H38N2O/c1-8-15(4)16-11-19-17(18(5,6)7)12-20(16)9-10-21-13-14(2)3/h14-17,19H,8-13H2,1-7H3. The number of hydrogen-bond donors (Lipinski definition) is 1. The monoisotopic (exact) mass is 298 g/mol. The average Bonchev–Trinajstić information content (AvgIpc) is 2.41. The largest absolute Gasteiger partial charge is 0.380 e. The second-order valence-electron chi connectivity index (χ2n) is 8.24. The quantitative estimate of drug-likeness (QED) is 0.729. The minimum Gasteiger partial charge on any atom is -0.380 e. The van der Waals surface area contributed by atoms with Crippen LogP contribution in [0.4, 0.5) is 0 Å². The van der Waals surface area contributed by atoms with Crippen molar-refractivity contribution in [1.82, 2.24) is 10.2 Å². The molecule has 3 heteroatoms. The van der Waals surface area contributed by atoms with Gasteiger partial charge in [-0.15, -0.1) is 0 Å². The van der Waals surface area contributed by atoms with Gasteiger partial charge in [0.2, 0.25) is 0 Å². The summed E-state index contributed by atoms with van der Waals surface area (Å²) in [7, 11) is 0. The number of rotatable bonds is 7. The van der Waals surface area contributed by atoms with Crippen LogP contribution in [-0.2, 0) is 4.74 Å². The molecule has 1 aliphatic heterocycles. The van der Waals surface area contributed by atoms with E-state index >= 15 is 0 Å². The van der Waals surface area contributed by atoms with Crippen LogP contribution in [0.2, 0.25) is 0 Å². The molecule has 0 amide bonds. The van der Waals surface area contributed by atoms with Crippen LogP contribution in [0, 0.1) is 17.3 Å². The minimum atomic E-state index is 0.317. The summed E-state index contributed by atoms with van der Waals surface area (Å²) in [6.07, 6.45) is 1.25. The van der Waals surface area contributed by atoms with E-state index in [1.807, 2.05) is 0 Å². The highest BCUT2D eigenvalue weighted by Crippen LogP contribution is 2.26. The first-order valence-electron chi connectivity index (χ1n) is 8.80. The Morgan fingerprint density at radius 1 is 1.24 bits per heavy atom. The van der Waals surface area contributed by atoms with Crippen molar-refractivity contribution in [3.05, 3.63) is 0 Å². The van der Waals surface area contributed by atoms with Crippen molar-refractivity contribution >= 4 is 0 Å². The summed E-state index contributed by atoms with van der Waals surface area (Å²) in [5.41, 5.74) is 0.317. The van der Waals surface area contributed by atoms with E-state index in [0.29, 0.717) is 23.4 Å². The van der Waals surface area contributed by atoms with E-state index in [2.05, 4.69) is 58.7 Å². The molecular weight excluding hydrogens is 260 g/mol. The fraction of sp³-hybridized carbons (Fsp3) is 1.00. The number of ether oxygens (including phenoxy) is 1. The molecule has 0 saturated carbocycles. The van der Waals surface area contributed by atoms with Crippen LogP contribution in [-0.4, -0.2) is 49.8 Å². The third-order valence-electron chi connectivity index (χ3n) is 4.78. The molecule has 0 aromatic rings. The smallest absolute Gasteiger partial charge is 0.0593 e. The van der Waals surface area contributed by atoms with E-state index in [-0.39, 0.29) is 0 Å². The number of hydrogen-bond acceptors (Lipinski definition) is 3. The zero-order chi connectivity index (χ0) is 16.0. The summed E-state index contributed by atoms with van der Waals surface area (Å²) >= 11 is 0. The Hall–Kier alpha value is -0.120. The molecule has 1 heterocycles. The molecule has 3 unspecified atom stereocenters. The first-order valence-corrected chi connectivity index (χ1v) is 8.80. The first-order chi connectivity index (χ1) is 9.75. The fourth-order valence-electron chi connectivity index (χ4n) is 3.00. The summed E-state index contributed by atoms with van der Waals surface area (Å²) < 4.78 is 5.82. The molecule has 0 spiro atoms. The summed E-state index contributed by atoms with van der Waals surface area (Å²) in [4.78, 5) is 2.67. The second kappa shape index (κ2) is 8.50. The van der Waals surface area contributed by atoms with Crippen molar-refractivity contribution in [2.75, 3.05) is 32.8 Å². The van der Waals surface area contributed by atoms with Crippen LogP contribution in [0.15, 0.2) is 0 Å². The second-order valence-corrected chi connectivity index (χ2v) is 8.24. The van der Waals surface area contributed by atoms with Gasteiger partial charge in [0.25, 0.3) is 0 Å². The van der Waals surface area contributed by atoms with Gasteiger partial charge >= 0.3 is 0 Å². The van der Waals surface area contributed by atoms with Gasteiger partial charge in [-0.25, -0.2) is 0 Å². The van der Waals surface area contributed by atoms with Crippen molar-refractivity contribution in [2.24, 2.45) is 17.3 Å². The maximum absolute atomic E-state index is 5.82. The van der Waals surface area contributed by atoms with Gasteiger partial charge in [0.15, 0.2) is 0 Å². The minimum absolute atomic E-state index is 0.317. The van der Waals surface area contributed by atoms with E-state index in [9.17, 15) is 0 Å². The molecule has 21 heavy (non-hydrogen) atoms. The lowest BCUT2D eigenvalue weighted by Gasteiger charge is -2.47. The van der Waals surface area contributed by atoms with Gasteiger partial charge in [-0.2, -0.15) is 0 Å². The third kappa shape index (κ3) is 6.25. The topological polar surface area (TPSA) is 24.5 Å². The molecule has 0 aromatic carbocycles. The Bertz CT molecular complexity index is 285.